The SMILES string of the molecule is Cc1cccc(O[C@@H](C)c2ccnc3nc(N=CN(C)C)nn23)c1. The van der Waals surface area contributed by atoms with Gasteiger partial charge < -0.3 is 9.64 Å². The summed E-state index contributed by atoms with van der Waals surface area (Å²) in [5.41, 5.74) is 2.01. The Bertz CT molecular complexity index is 870. The van der Waals surface area contributed by atoms with Crippen molar-refractivity contribution < 1.29 is 4.74 Å². The molecular formula is C17H20N6O. The van der Waals surface area contributed by atoms with E-state index in [-0.39, 0.29) is 6.10 Å². The second kappa shape index (κ2) is 6.66. The van der Waals surface area contributed by atoms with Crippen molar-refractivity contribution in [3.8, 4) is 5.75 Å². The normalized spacial score (nSPS) is 12.7. The van der Waals surface area contributed by atoms with Crippen molar-refractivity contribution in [2.75, 3.05) is 14.1 Å². The number of benzene rings is 1. The highest BCUT2D eigenvalue weighted by atomic mass is 16.5. The van der Waals surface area contributed by atoms with E-state index in [9.17, 15) is 0 Å². The van der Waals surface area contributed by atoms with Crippen LogP contribution in [0.3, 0.4) is 0 Å². The van der Waals surface area contributed by atoms with Crippen molar-refractivity contribution >= 4 is 18.1 Å². The minimum atomic E-state index is -0.204. The fraction of sp³-hybridized carbons (Fsp3) is 0.294. The number of hydrogen-bond donors (Lipinski definition) is 0. The van der Waals surface area contributed by atoms with Gasteiger partial charge in [0.25, 0.3) is 11.7 Å². The Morgan fingerprint density at radius 2 is 2.12 bits per heavy atom. The standard InChI is InChI=1S/C17H20N6O/c1-12-6-5-7-14(10-12)24-13(2)15-8-9-18-17-20-16(21-23(15)17)19-11-22(3)4/h5-11,13H,1-4H3/t13-/m0/s1. The van der Waals surface area contributed by atoms with Gasteiger partial charge in [-0.05, 0) is 37.6 Å². The first-order valence-electron chi connectivity index (χ1n) is 7.68. The lowest BCUT2D eigenvalue weighted by molar-refractivity contribution is 0.218. The van der Waals surface area contributed by atoms with Crippen molar-refractivity contribution in [1.29, 1.82) is 0 Å². The van der Waals surface area contributed by atoms with E-state index in [1.54, 1.807) is 17.1 Å². The number of aliphatic imine (C=N–C) groups is 1. The van der Waals surface area contributed by atoms with Gasteiger partial charge in [-0.3, -0.25) is 0 Å². The third-order valence-corrected chi connectivity index (χ3v) is 3.38. The molecule has 1 aromatic carbocycles. The van der Waals surface area contributed by atoms with E-state index in [4.69, 9.17) is 4.74 Å². The zero-order chi connectivity index (χ0) is 17.1. The molecular weight excluding hydrogens is 304 g/mol. The molecule has 2 heterocycles. The van der Waals surface area contributed by atoms with Crippen LogP contribution in [0, 0.1) is 6.92 Å². The highest BCUT2D eigenvalue weighted by Crippen LogP contribution is 2.22. The number of rotatable bonds is 5. The molecule has 0 saturated carbocycles. The van der Waals surface area contributed by atoms with Gasteiger partial charge in [0, 0.05) is 20.3 Å². The lowest BCUT2D eigenvalue weighted by Gasteiger charge is -2.15. The zero-order valence-electron chi connectivity index (χ0n) is 14.2. The minimum Gasteiger partial charge on any atom is -0.484 e. The Morgan fingerprint density at radius 3 is 2.88 bits per heavy atom. The van der Waals surface area contributed by atoms with Gasteiger partial charge in [-0.25, -0.2) is 9.98 Å². The number of aromatic nitrogens is 4. The Morgan fingerprint density at radius 1 is 1.29 bits per heavy atom. The number of ether oxygens (including phenoxy) is 1. The fourth-order valence-corrected chi connectivity index (χ4v) is 2.28. The molecule has 0 aliphatic carbocycles. The van der Waals surface area contributed by atoms with E-state index in [0.717, 1.165) is 17.0 Å². The van der Waals surface area contributed by atoms with Crippen LogP contribution in [0.2, 0.25) is 0 Å². The van der Waals surface area contributed by atoms with Crippen LogP contribution in [0.1, 0.15) is 24.3 Å². The van der Waals surface area contributed by atoms with Gasteiger partial charge in [-0.15, -0.1) is 5.10 Å². The topological polar surface area (TPSA) is 67.9 Å². The van der Waals surface area contributed by atoms with Gasteiger partial charge in [-0.2, -0.15) is 9.50 Å². The highest BCUT2D eigenvalue weighted by molar-refractivity contribution is 5.58. The molecule has 7 nitrogen and oxygen atoms in total. The summed E-state index contributed by atoms with van der Waals surface area (Å²) in [5.74, 6) is 1.68. The van der Waals surface area contributed by atoms with Gasteiger partial charge in [0.15, 0.2) is 0 Å². The smallest absolute Gasteiger partial charge is 0.272 e. The predicted octanol–water partition coefficient (Wildman–Crippen LogP) is 2.79. The van der Waals surface area contributed by atoms with E-state index in [1.807, 2.05) is 63.2 Å². The first-order chi connectivity index (χ1) is 11.5. The quantitative estimate of drug-likeness (QED) is 0.533. The monoisotopic (exact) mass is 324 g/mol. The third-order valence-electron chi connectivity index (χ3n) is 3.38. The molecule has 0 unspecified atom stereocenters. The third kappa shape index (κ3) is 3.51. The molecule has 124 valence electrons. The summed E-state index contributed by atoms with van der Waals surface area (Å²) in [7, 11) is 3.78. The Balaban J connectivity index is 1.90. The molecule has 0 fully saturated rings. The van der Waals surface area contributed by atoms with Crippen molar-refractivity contribution in [1.82, 2.24) is 24.5 Å². The molecule has 0 bridgehead atoms. The van der Waals surface area contributed by atoms with Gasteiger partial charge in [0.1, 0.15) is 11.9 Å². The molecule has 24 heavy (non-hydrogen) atoms. The number of aryl methyl sites for hydroxylation is 1. The van der Waals surface area contributed by atoms with Crippen LogP contribution in [0.5, 0.6) is 5.75 Å². The van der Waals surface area contributed by atoms with E-state index < -0.39 is 0 Å². The molecule has 0 amide bonds. The molecule has 1 atom stereocenters. The van der Waals surface area contributed by atoms with Gasteiger partial charge >= 0.3 is 0 Å². The Kier molecular flexibility index (Phi) is 4.41. The van der Waals surface area contributed by atoms with Gasteiger partial charge in [-0.1, -0.05) is 12.1 Å². The predicted molar refractivity (Wildman–Crippen MR) is 92.8 cm³/mol. The van der Waals surface area contributed by atoms with Crippen LogP contribution < -0.4 is 4.74 Å². The summed E-state index contributed by atoms with van der Waals surface area (Å²) < 4.78 is 7.70. The second-order valence-electron chi connectivity index (χ2n) is 5.78. The molecule has 0 aliphatic rings. The van der Waals surface area contributed by atoms with E-state index in [2.05, 4.69) is 20.1 Å². The molecule has 0 radical (unpaired) electrons. The van der Waals surface area contributed by atoms with Gasteiger partial charge in [0.2, 0.25) is 0 Å². The van der Waals surface area contributed by atoms with Crippen LogP contribution in [0.15, 0.2) is 41.5 Å². The number of hydrogen-bond acceptors (Lipinski definition) is 5. The van der Waals surface area contributed by atoms with Gasteiger partial charge in [0.05, 0.1) is 12.0 Å². The summed E-state index contributed by atoms with van der Waals surface area (Å²) in [4.78, 5) is 14.6. The van der Waals surface area contributed by atoms with Crippen molar-refractivity contribution in [2.45, 2.75) is 20.0 Å². The molecule has 7 heteroatoms. The van der Waals surface area contributed by atoms with Crippen LogP contribution >= 0.6 is 0 Å². The average molecular weight is 324 g/mol. The Hall–Kier alpha value is -2.96. The lowest BCUT2D eigenvalue weighted by atomic mass is 10.2. The molecule has 0 spiro atoms. The average Bonchev–Trinajstić information content (AvgIpc) is 2.95. The molecule has 0 N–H and O–H groups in total. The fourth-order valence-electron chi connectivity index (χ4n) is 2.28. The maximum Gasteiger partial charge on any atom is 0.272 e. The molecule has 2 aromatic heterocycles. The Labute approximate surface area is 140 Å². The van der Waals surface area contributed by atoms with E-state index in [0.29, 0.717) is 11.7 Å². The van der Waals surface area contributed by atoms with Crippen LogP contribution in [0.4, 0.5) is 5.95 Å². The maximum atomic E-state index is 6.03. The van der Waals surface area contributed by atoms with Crippen LogP contribution in [-0.4, -0.2) is 44.9 Å². The molecule has 0 saturated heterocycles. The zero-order valence-corrected chi connectivity index (χ0v) is 14.2. The first-order valence-corrected chi connectivity index (χ1v) is 7.68. The van der Waals surface area contributed by atoms with Crippen molar-refractivity contribution in [3.63, 3.8) is 0 Å². The van der Waals surface area contributed by atoms with Crippen LogP contribution in [0.25, 0.3) is 5.78 Å². The minimum absolute atomic E-state index is 0.204. The van der Waals surface area contributed by atoms with Crippen LogP contribution in [-0.2, 0) is 0 Å². The summed E-state index contributed by atoms with van der Waals surface area (Å²) in [6.07, 6.45) is 3.15. The van der Waals surface area contributed by atoms with E-state index >= 15 is 0 Å². The lowest BCUT2D eigenvalue weighted by Crippen LogP contribution is -2.10. The van der Waals surface area contributed by atoms with E-state index in [1.165, 1.54) is 0 Å². The maximum absolute atomic E-state index is 6.03. The summed E-state index contributed by atoms with van der Waals surface area (Å²) >= 11 is 0. The molecule has 3 aromatic rings. The summed E-state index contributed by atoms with van der Waals surface area (Å²) in [6.45, 7) is 4.01. The summed E-state index contributed by atoms with van der Waals surface area (Å²) in [5, 5.41) is 4.40. The second-order valence-corrected chi connectivity index (χ2v) is 5.78. The van der Waals surface area contributed by atoms with Crippen molar-refractivity contribution in [2.24, 2.45) is 4.99 Å². The summed E-state index contributed by atoms with van der Waals surface area (Å²) in [6, 6.07) is 9.83. The molecule has 0 aliphatic heterocycles. The highest BCUT2D eigenvalue weighted by Gasteiger charge is 2.15. The largest absolute Gasteiger partial charge is 0.484 e. The number of fused-ring (bicyclic) bond motifs is 1. The first kappa shape index (κ1) is 15.9. The van der Waals surface area contributed by atoms with Crippen molar-refractivity contribution in [3.05, 3.63) is 47.8 Å². The number of nitrogens with zero attached hydrogens (tertiary/aromatic N) is 6. The molecule has 3 rings (SSSR count).